The minimum Gasteiger partial charge on any atom is -0.510 e. The zero-order valence-electron chi connectivity index (χ0n) is 23.8. The second-order valence-corrected chi connectivity index (χ2v) is 11.1. The molecular formula is C33H21FN2O10. The minimum atomic E-state index is -2.00. The van der Waals surface area contributed by atoms with Gasteiger partial charge >= 0.3 is 0 Å². The average molecular weight is 625 g/mol. The number of H-pyrrole nitrogens is 1. The SMILES string of the molecule is COc1cc(=O)c2c(=O)c3c(c(=O)c=2c1=O)=C(O)[C@]1(CCc2cc4cc(/C=N/OCc5cccc(F)c5)[nH]c(=O)c4c(O)c21)C=3O. The summed E-state index contributed by atoms with van der Waals surface area (Å²) in [5.74, 6) is -3.08. The lowest BCUT2D eigenvalue weighted by Crippen LogP contribution is -2.51. The number of phenolic OH excluding ortho intramolecular Hbond substituents is 1. The maximum atomic E-state index is 13.6. The quantitative estimate of drug-likeness (QED) is 0.155. The maximum absolute atomic E-state index is 13.6. The lowest BCUT2D eigenvalue weighted by molar-refractivity contribution is 0.132. The smallest absolute Gasteiger partial charge is 0.260 e. The number of phenols is 1. The van der Waals surface area contributed by atoms with Gasteiger partial charge in [0.2, 0.25) is 16.3 Å². The molecule has 46 heavy (non-hydrogen) atoms. The third-order valence-electron chi connectivity index (χ3n) is 8.66. The van der Waals surface area contributed by atoms with Crippen LogP contribution >= 0.6 is 0 Å². The standard InChI is InChI=1S/C33H21FN2O10/c1-45-19-10-18(37)21-22(26(19)38)28(40)24-23(27(21)39)30(42)33(31(24)43)6-5-14-8-15-9-17(36-32(44)20(15)29(41)25(14)33)11-35-46-12-13-3-2-4-16(34)7-13/h2-4,7-11,41-43H,5-6,12H2,1H3,(H,36,44)/b35-11+/t33-/m0/s1. The van der Waals surface area contributed by atoms with E-state index in [1.165, 1.54) is 30.5 Å². The molecule has 0 aliphatic heterocycles. The number of aromatic hydroxyl groups is 1. The van der Waals surface area contributed by atoms with Gasteiger partial charge < -0.3 is 29.9 Å². The first kappa shape index (κ1) is 28.6. The minimum absolute atomic E-state index is 0.0314. The predicted octanol–water partition coefficient (Wildman–Crippen LogP) is 0.203. The van der Waals surface area contributed by atoms with Crippen LogP contribution in [0.5, 0.6) is 11.5 Å². The number of rotatable bonds is 5. The summed E-state index contributed by atoms with van der Waals surface area (Å²) >= 11 is 0. The molecule has 4 N–H and O–H groups in total. The van der Waals surface area contributed by atoms with Crippen molar-refractivity contribution in [2.75, 3.05) is 7.11 Å². The number of aliphatic hydroxyl groups excluding tert-OH is 2. The van der Waals surface area contributed by atoms with Gasteiger partial charge in [-0.05, 0) is 47.6 Å². The fourth-order valence-electron chi connectivity index (χ4n) is 6.67. The van der Waals surface area contributed by atoms with Crippen LogP contribution in [0.2, 0.25) is 0 Å². The third-order valence-corrected chi connectivity index (χ3v) is 8.66. The van der Waals surface area contributed by atoms with Gasteiger partial charge in [-0.15, -0.1) is 0 Å². The number of benzene rings is 2. The summed E-state index contributed by atoms with van der Waals surface area (Å²) in [4.78, 5) is 73.9. The van der Waals surface area contributed by atoms with E-state index < -0.39 is 82.4 Å². The van der Waals surface area contributed by atoms with Gasteiger partial charge in [-0.2, -0.15) is 0 Å². The van der Waals surface area contributed by atoms with Gasteiger partial charge in [-0.3, -0.25) is 24.0 Å². The van der Waals surface area contributed by atoms with Crippen LogP contribution in [0.25, 0.3) is 22.3 Å². The number of aromatic amines is 1. The molecule has 7 rings (SSSR count). The van der Waals surface area contributed by atoms with Crippen molar-refractivity contribution in [2.24, 2.45) is 5.16 Å². The first-order valence-electron chi connectivity index (χ1n) is 13.9. The van der Waals surface area contributed by atoms with E-state index in [4.69, 9.17) is 9.57 Å². The number of aliphatic hydroxyl groups is 2. The molecule has 230 valence electrons. The van der Waals surface area contributed by atoms with Crippen LogP contribution in [0.15, 0.2) is 71.6 Å². The summed E-state index contributed by atoms with van der Waals surface area (Å²) in [5.41, 5.74) is -6.01. The summed E-state index contributed by atoms with van der Waals surface area (Å²) in [6.07, 6.45) is 1.23. The molecule has 2 aromatic carbocycles. The van der Waals surface area contributed by atoms with Crippen LogP contribution in [0.4, 0.5) is 4.39 Å². The van der Waals surface area contributed by atoms with E-state index in [9.17, 15) is 43.7 Å². The van der Waals surface area contributed by atoms with Gasteiger partial charge in [0, 0.05) is 11.6 Å². The number of aromatic nitrogens is 1. The average Bonchev–Trinajstić information content (AvgIpc) is 3.51. The highest BCUT2D eigenvalue weighted by Gasteiger charge is 2.53. The zero-order valence-corrected chi connectivity index (χ0v) is 23.8. The number of fused-ring (bicyclic) bond motifs is 4. The molecule has 0 unspecified atom stereocenters. The fourth-order valence-corrected chi connectivity index (χ4v) is 6.67. The molecule has 13 heteroatoms. The van der Waals surface area contributed by atoms with E-state index in [0.717, 1.165) is 13.2 Å². The van der Waals surface area contributed by atoms with Crippen LogP contribution in [-0.2, 0) is 23.3 Å². The predicted molar refractivity (Wildman–Crippen MR) is 162 cm³/mol. The molecule has 4 aliphatic carbocycles. The number of methoxy groups -OCH3 is 1. The van der Waals surface area contributed by atoms with Crippen molar-refractivity contribution in [3.8, 4) is 11.5 Å². The molecule has 1 aromatic heterocycles. The Balaban J connectivity index is 1.39. The number of halogens is 1. The molecule has 3 aromatic rings. The topological polar surface area (TPSA) is 193 Å². The Labute approximate surface area is 254 Å². The number of hydrogen-bond acceptors (Lipinski definition) is 11. The summed E-state index contributed by atoms with van der Waals surface area (Å²) in [6, 6.07) is 9.59. The molecular weight excluding hydrogens is 603 g/mol. The van der Waals surface area contributed by atoms with Crippen molar-refractivity contribution in [1.82, 2.24) is 4.98 Å². The number of ether oxygens (including phenoxy) is 1. The number of oxime groups is 1. The summed E-state index contributed by atoms with van der Waals surface area (Å²) in [6.45, 7) is -0.0314. The largest absolute Gasteiger partial charge is 0.510 e. The first-order valence-corrected chi connectivity index (χ1v) is 13.9. The Hall–Kier alpha value is -6.11. The molecule has 0 radical (unpaired) electrons. The molecule has 0 fully saturated rings. The Bertz CT molecular complexity index is 2690. The molecule has 0 saturated heterocycles. The number of nitrogens with one attached hydrogen (secondary N) is 1. The van der Waals surface area contributed by atoms with Crippen molar-refractivity contribution < 1.29 is 29.3 Å². The van der Waals surface area contributed by atoms with Crippen molar-refractivity contribution in [2.45, 2.75) is 24.9 Å². The fraction of sp³-hybridized carbons (Fsp3) is 0.152. The maximum Gasteiger partial charge on any atom is 0.260 e. The monoisotopic (exact) mass is 624 g/mol. The Morgan fingerprint density at radius 2 is 1.65 bits per heavy atom. The van der Waals surface area contributed by atoms with Crippen molar-refractivity contribution in [1.29, 1.82) is 0 Å². The van der Waals surface area contributed by atoms with Gasteiger partial charge in [-0.25, -0.2) is 4.39 Å². The second kappa shape index (κ2) is 9.95. The highest BCUT2D eigenvalue weighted by molar-refractivity contribution is 5.96. The van der Waals surface area contributed by atoms with Crippen molar-refractivity contribution in [3.63, 3.8) is 0 Å². The van der Waals surface area contributed by atoms with Crippen LogP contribution in [0, 0.1) is 16.3 Å². The summed E-state index contributed by atoms with van der Waals surface area (Å²) < 4.78 is 18.3. The van der Waals surface area contributed by atoms with Crippen molar-refractivity contribution >= 4 is 28.5 Å². The number of pyridine rings is 1. The zero-order chi connectivity index (χ0) is 32.7. The molecule has 0 amide bonds. The molecule has 1 heterocycles. The Morgan fingerprint density at radius 1 is 0.935 bits per heavy atom. The van der Waals surface area contributed by atoms with Gasteiger partial charge in [0.25, 0.3) is 5.56 Å². The lowest BCUT2D eigenvalue weighted by Gasteiger charge is -2.27. The molecule has 1 atom stereocenters. The van der Waals surface area contributed by atoms with Crippen LogP contribution in [-0.4, -0.2) is 33.6 Å². The molecule has 0 bridgehead atoms. The van der Waals surface area contributed by atoms with Gasteiger partial charge in [-0.1, -0.05) is 23.4 Å². The molecule has 1 spiro atoms. The number of aryl methyl sites for hydroxylation is 1. The Kier molecular flexibility index (Phi) is 6.20. The summed E-state index contributed by atoms with van der Waals surface area (Å²) in [7, 11) is 1.11. The molecule has 12 nitrogen and oxygen atoms in total. The van der Waals surface area contributed by atoms with Gasteiger partial charge in [0.05, 0.1) is 45.3 Å². The molecule has 0 saturated carbocycles. The lowest BCUT2D eigenvalue weighted by atomic mass is 9.78. The van der Waals surface area contributed by atoms with Crippen LogP contribution < -0.4 is 42.4 Å². The van der Waals surface area contributed by atoms with E-state index >= 15 is 0 Å². The van der Waals surface area contributed by atoms with Crippen molar-refractivity contribution in [3.05, 3.63) is 143 Å². The normalized spacial score (nSPS) is 17.0. The van der Waals surface area contributed by atoms with Gasteiger partial charge in [0.1, 0.15) is 35.1 Å². The van der Waals surface area contributed by atoms with Crippen LogP contribution in [0.1, 0.15) is 28.8 Å². The molecule has 4 aliphatic rings. The first-order chi connectivity index (χ1) is 22.0. The highest BCUT2D eigenvalue weighted by atomic mass is 19.1. The second-order valence-electron chi connectivity index (χ2n) is 11.1. The van der Waals surface area contributed by atoms with E-state index in [2.05, 4.69) is 10.1 Å². The van der Waals surface area contributed by atoms with E-state index in [-0.39, 0.29) is 41.5 Å². The number of nitrogens with zero attached hydrogens (tertiary/aromatic N) is 1. The van der Waals surface area contributed by atoms with E-state index in [1.54, 1.807) is 12.1 Å². The van der Waals surface area contributed by atoms with Gasteiger partial charge in [0.15, 0.2) is 11.2 Å². The highest BCUT2D eigenvalue weighted by Crippen LogP contribution is 2.54. The van der Waals surface area contributed by atoms with E-state index in [0.29, 0.717) is 11.1 Å². The number of hydrogen-bond donors (Lipinski definition) is 4. The Morgan fingerprint density at radius 3 is 2.35 bits per heavy atom. The van der Waals surface area contributed by atoms with Crippen LogP contribution in [0.3, 0.4) is 0 Å². The summed E-state index contributed by atoms with van der Waals surface area (Å²) in [5, 5.41) is 35.6. The third kappa shape index (κ3) is 3.77. The van der Waals surface area contributed by atoms with E-state index in [1.807, 2.05) is 0 Å².